The normalized spacial score (nSPS) is 13.9. The highest BCUT2D eigenvalue weighted by Crippen LogP contribution is 2.45. The fraction of sp³-hybridized carbons (Fsp3) is 0.947. The van der Waals surface area contributed by atoms with Gasteiger partial charge < -0.3 is 33.8 Å². The van der Waals surface area contributed by atoms with Crippen molar-refractivity contribution < 1.29 is 80.2 Å². The molecule has 0 fully saturated rings. The van der Waals surface area contributed by atoms with Crippen molar-refractivity contribution >= 4 is 39.5 Å². The molecule has 0 radical (unpaired) electrons. The van der Waals surface area contributed by atoms with E-state index in [2.05, 4.69) is 34.6 Å². The Morgan fingerprint density at radius 2 is 0.484 bits per heavy atom. The van der Waals surface area contributed by atoms with E-state index in [1.54, 1.807) is 0 Å². The van der Waals surface area contributed by atoms with E-state index in [0.29, 0.717) is 25.7 Å². The van der Waals surface area contributed by atoms with E-state index in [-0.39, 0.29) is 25.7 Å². The van der Waals surface area contributed by atoms with Gasteiger partial charge in [0.05, 0.1) is 26.4 Å². The molecule has 0 spiro atoms. The molecule has 0 saturated heterocycles. The van der Waals surface area contributed by atoms with Crippen LogP contribution in [0.5, 0.6) is 0 Å². The van der Waals surface area contributed by atoms with Crippen molar-refractivity contribution in [1.82, 2.24) is 0 Å². The minimum atomic E-state index is -4.96. The zero-order chi connectivity index (χ0) is 69.8. The van der Waals surface area contributed by atoms with Gasteiger partial charge in [0.15, 0.2) is 12.2 Å². The molecule has 5 atom stereocenters. The smallest absolute Gasteiger partial charge is 0.462 e. The van der Waals surface area contributed by atoms with Gasteiger partial charge in [0, 0.05) is 25.7 Å². The fourth-order valence-corrected chi connectivity index (χ4v) is 13.3. The van der Waals surface area contributed by atoms with E-state index in [1.807, 2.05) is 0 Å². The van der Waals surface area contributed by atoms with Crippen LogP contribution in [-0.2, 0) is 65.4 Å². The SMILES string of the molecule is CCCCCCCCCCCCCCCCCCCC(=O)O[C@H](COC(=O)CCCCCCCCCCCCCCCC(C)C)COP(=O)(O)OC[C@@H](O)COP(=O)(O)OC[C@@H](COC(=O)CCCCCCCCCCCCC)OC(=O)CCCCCCCCCCCCC. The van der Waals surface area contributed by atoms with Crippen LogP contribution in [0.4, 0.5) is 0 Å². The monoisotopic (exact) mass is 1400 g/mol. The lowest BCUT2D eigenvalue weighted by atomic mass is 10.0. The van der Waals surface area contributed by atoms with E-state index >= 15 is 0 Å². The van der Waals surface area contributed by atoms with Crippen molar-refractivity contribution in [2.24, 2.45) is 5.92 Å². The van der Waals surface area contributed by atoms with Crippen molar-refractivity contribution in [1.29, 1.82) is 0 Å². The van der Waals surface area contributed by atoms with Gasteiger partial charge in [-0.25, -0.2) is 9.13 Å². The van der Waals surface area contributed by atoms with Crippen LogP contribution in [0.25, 0.3) is 0 Å². The summed E-state index contributed by atoms with van der Waals surface area (Å²) >= 11 is 0. The van der Waals surface area contributed by atoms with E-state index in [4.69, 9.17) is 37.0 Å². The van der Waals surface area contributed by atoms with Crippen LogP contribution in [0, 0.1) is 5.92 Å². The zero-order valence-corrected chi connectivity index (χ0v) is 63.6. The second kappa shape index (κ2) is 69.2. The number of phosphoric acid groups is 2. The van der Waals surface area contributed by atoms with Gasteiger partial charge in [-0.1, -0.05) is 349 Å². The van der Waals surface area contributed by atoms with Crippen LogP contribution < -0.4 is 0 Å². The second-order valence-corrected chi connectivity index (χ2v) is 30.8. The number of rotatable bonds is 76. The minimum Gasteiger partial charge on any atom is -0.462 e. The first-order valence-electron chi connectivity index (χ1n) is 39.6. The highest BCUT2D eigenvalue weighted by molar-refractivity contribution is 7.47. The van der Waals surface area contributed by atoms with Gasteiger partial charge in [0.1, 0.15) is 19.3 Å². The molecule has 19 heteroatoms. The third kappa shape index (κ3) is 70.3. The molecule has 0 aromatic rings. The van der Waals surface area contributed by atoms with Gasteiger partial charge in [-0.2, -0.15) is 0 Å². The Kier molecular flexibility index (Phi) is 67.7. The molecule has 0 aliphatic carbocycles. The van der Waals surface area contributed by atoms with Crippen molar-refractivity contribution in [3.05, 3.63) is 0 Å². The average Bonchev–Trinajstić information content (AvgIpc) is 1.81. The Hall–Kier alpha value is -1.94. The lowest BCUT2D eigenvalue weighted by Gasteiger charge is -2.21. The molecule has 0 aliphatic rings. The number of unbranched alkanes of at least 4 members (excludes halogenated alkanes) is 48. The number of ether oxygens (including phenoxy) is 4. The molecule has 2 unspecified atom stereocenters. The highest BCUT2D eigenvalue weighted by atomic mass is 31.2. The first-order chi connectivity index (χ1) is 46.0. The number of carbonyl (C=O) groups is 4. The maximum Gasteiger partial charge on any atom is 0.472 e. The maximum atomic E-state index is 13.1. The molecule has 0 aromatic heterocycles. The molecule has 0 bridgehead atoms. The minimum absolute atomic E-state index is 0.107. The van der Waals surface area contributed by atoms with Crippen LogP contribution in [0.3, 0.4) is 0 Å². The summed E-state index contributed by atoms with van der Waals surface area (Å²) < 4.78 is 68.5. The third-order valence-corrected chi connectivity index (χ3v) is 19.7. The first kappa shape index (κ1) is 93.1. The van der Waals surface area contributed by atoms with Gasteiger partial charge in [-0.05, 0) is 31.6 Å². The van der Waals surface area contributed by atoms with Crippen molar-refractivity contribution in [3.63, 3.8) is 0 Å². The summed E-state index contributed by atoms with van der Waals surface area (Å²) in [6, 6.07) is 0. The molecular formula is C76H148O17P2. The molecule has 0 amide bonds. The molecule has 3 N–H and O–H groups in total. The van der Waals surface area contributed by atoms with E-state index in [9.17, 15) is 43.2 Å². The standard InChI is InChI=1S/C76H148O17P2/c1-6-9-12-15-18-21-24-25-26-27-28-31-37-42-47-52-57-62-76(81)93-72(66-87-74(79)60-55-50-45-40-36-32-29-30-35-38-43-48-53-58-69(4)5)68-91-95(84,85)89-64-70(77)63-88-94(82,83)90-67-71(92-75(80)61-56-51-46-41-34-23-20-17-14-11-8-3)65-86-73(78)59-54-49-44-39-33-22-19-16-13-10-7-2/h69-72,77H,6-68H2,1-5H3,(H,82,83)(H,84,85)/t70-,71+,72+/m0/s1. The molecular weight excluding hydrogens is 1250 g/mol. The molecule has 17 nitrogen and oxygen atoms in total. The molecule has 95 heavy (non-hydrogen) atoms. The quantitative estimate of drug-likeness (QED) is 0.0222. The summed E-state index contributed by atoms with van der Waals surface area (Å²) in [5.74, 6) is -1.32. The Balaban J connectivity index is 5.24. The van der Waals surface area contributed by atoms with Gasteiger partial charge in [-0.15, -0.1) is 0 Å². The van der Waals surface area contributed by atoms with Crippen LogP contribution >= 0.6 is 15.6 Å². The van der Waals surface area contributed by atoms with Crippen LogP contribution in [0.15, 0.2) is 0 Å². The summed E-state index contributed by atoms with van der Waals surface area (Å²) in [6.45, 7) is 7.31. The fourth-order valence-electron chi connectivity index (χ4n) is 11.7. The van der Waals surface area contributed by atoms with Crippen molar-refractivity contribution in [2.45, 2.75) is 419 Å². The van der Waals surface area contributed by atoms with Gasteiger partial charge in [-0.3, -0.25) is 37.3 Å². The summed E-state index contributed by atoms with van der Waals surface area (Å²) in [5, 5.41) is 10.6. The zero-order valence-electron chi connectivity index (χ0n) is 61.8. The number of phosphoric ester groups is 2. The lowest BCUT2D eigenvalue weighted by molar-refractivity contribution is -0.161. The lowest BCUT2D eigenvalue weighted by Crippen LogP contribution is -2.30. The second-order valence-electron chi connectivity index (χ2n) is 27.9. The topological polar surface area (TPSA) is 237 Å². The van der Waals surface area contributed by atoms with Crippen molar-refractivity contribution in [2.75, 3.05) is 39.6 Å². The number of hydrogen-bond donors (Lipinski definition) is 3. The average molecular weight is 1400 g/mol. The van der Waals surface area contributed by atoms with Gasteiger partial charge in [0.25, 0.3) is 0 Å². The predicted octanol–water partition coefficient (Wildman–Crippen LogP) is 22.5. The summed E-state index contributed by atoms with van der Waals surface area (Å²) in [7, 11) is -9.91. The molecule has 0 saturated carbocycles. The van der Waals surface area contributed by atoms with Gasteiger partial charge in [0.2, 0.25) is 0 Å². The Labute approximate surface area is 581 Å². The Morgan fingerprint density at radius 3 is 0.716 bits per heavy atom. The first-order valence-corrected chi connectivity index (χ1v) is 42.6. The molecule has 0 rings (SSSR count). The maximum absolute atomic E-state index is 13.1. The molecule has 564 valence electrons. The van der Waals surface area contributed by atoms with E-state index in [0.717, 1.165) is 95.8 Å². The van der Waals surface area contributed by atoms with E-state index in [1.165, 1.54) is 225 Å². The van der Waals surface area contributed by atoms with Crippen molar-refractivity contribution in [3.8, 4) is 0 Å². The van der Waals surface area contributed by atoms with Crippen LogP contribution in [0.1, 0.15) is 401 Å². The Bertz CT molecular complexity index is 1820. The largest absolute Gasteiger partial charge is 0.472 e. The molecule has 0 aromatic carbocycles. The highest BCUT2D eigenvalue weighted by Gasteiger charge is 2.30. The number of hydrogen-bond acceptors (Lipinski definition) is 15. The summed E-state index contributed by atoms with van der Waals surface area (Å²) in [4.78, 5) is 72.8. The number of carbonyl (C=O) groups excluding carboxylic acids is 4. The van der Waals surface area contributed by atoms with Crippen LogP contribution in [0.2, 0.25) is 0 Å². The number of esters is 4. The summed E-state index contributed by atoms with van der Waals surface area (Å²) in [5.41, 5.74) is 0. The predicted molar refractivity (Wildman–Crippen MR) is 386 cm³/mol. The van der Waals surface area contributed by atoms with Gasteiger partial charge >= 0.3 is 39.5 Å². The summed E-state index contributed by atoms with van der Waals surface area (Å²) in [6.07, 6.45) is 58.1. The van der Waals surface area contributed by atoms with Crippen LogP contribution in [-0.4, -0.2) is 96.7 Å². The Morgan fingerprint density at radius 1 is 0.284 bits per heavy atom. The molecule has 0 heterocycles. The van der Waals surface area contributed by atoms with E-state index < -0.39 is 97.5 Å². The number of aliphatic hydroxyl groups excluding tert-OH is 1. The molecule has 0 aliphatic heterocycles. The number of aliphatic hydroxyl groups is 1. The third-order valence-electron chi connectivity index (χ3n) is 17.8.